The smallest absolute Gasteiger partial charge is 0.339 e. The Kier molecular flexibility index (Phi) is 4.54. The molecule has 3 aromatic carbocycles. The van der Waals surface area contributed by atoms with Crippen molar-refractivity contribution in [2.45, 2.75) is 6.61 Å². The van der Waals surface area contributed by atoms with E-state index in [0.29, 0.717) is 5.56 Å². The quantitative estimate of drug-likeness (QED) is 0.327. The van der Waals surface area contributed by atoms with E-state index in [1.54, 1.807) is 11.3 Å². The Morgan fingerprint density at radius 1 is 0.862 bits per heavy atom. The first-order chi connectivity index (χ1) is 14.3. The van der Waals surface area contributed by atoms with E-state index in [4.69, 9.17) is 9.72 Å². The number of nitrogens with zero attached hydrogens (tertiary/aromatic N) is 1. The average Bonchev–Trinajstić information content (AvgIpc) is 3.31. The van der Waals surface area contributed by atoms with Gasteiger partial charge in [-0.15, -0.1) is 11.3 Å². The predicted molar refractivity (Wildman–Crippen MR) is 118 cm³/mol. The number of benzene rings is 3. The molecule has 3 nitrogen and oxygen atoms in total. The molecule has 0 unspecified atom stereocenters. The summed E-state index contributed by atoms with van der Waals surface area (Å²) in [5.74, 6) is -0.339. The van der Waals surface area contributed by atoms with Gasteiger partial charge in [-0.05, 0) is 39.9 Å². The number of para-hydroxylation sites is 1. The van der Waals surface area contributed by atoms with Crippen LogP contribution in [0.15, 0.2) is 90.3 Å². The molecule has 0 spiro atoms. The van der Waals surface area contributed by atoms with Crippen LogP contribution in [0.25, 0.3) is 32.2 Å². The highest BCUT2D eigenvalue weighted by Crippen LogP contribution is 2.28. The molecule has 5 aromatic rings. The molecule has 0 radical (unpaired) electrons. The monoisotopic (exact) mass is 395 g/mol. The van der Waals surface area contributed by atoms with Crippen LogP contribution < -0.4 is 0 Å². The first-order valence-corrected chi connectivity index (χ1v) is 10.2. The summed E-state index contributed by atoms with van der Waals surface area (Å²) in [5.41, 5.74) is 3.11. The van der Waals surface area contributed by atoms with Crippen LogP contribution in [0.3, 0.4) is 0 Å². The summed E-state index contributed by atoms with van der Waals surface area (Å²) >= 11 is 1.60. The molecular weight excluding hydrogens is 378 g/mol. The van der Waals surface area contributed by atoms with Gasteiger partial charge in [-0.25, -0.2) is 9.78 Å². The third-order valence-electron chi connectivity index (χ3n) is 4.95. The van der Waals surface area contributed by atoms with Gasteiger partial charge in [-0.2, -0.15) is 0 Å². The van der Waals surface area contributed by atoms with Gasteiger partial charge >= 0.3 is 5.97 Å². The van der Waals surface area contributed by atoms with Gasteiger partial charge in [0, 0.05) is 5.39 Å². The van der Waals surface area contributed by atoms with Gasteiger partial charge < -0.3 is 4.74 Å². The van der Waals surface area contributed by atoms with Gasteiger partial charge in [0.25, 0.3) is 0 Å². The summed E-state index contributed by atoms with van der Waals surface area (Å²) in [4.78, 5) is 18.8. The molecule has 0 aliphatic rings. The Morgan fingerprint density at radius 3 is 2.52 bits per heavy atom. The van der Waals surface area contributed by atoms with E-state index in [1.807, 2.05) is 72.1 Å². The largest absolute Gasteiger partial charge is 0.457 e. The predicted octanol–water partition coefficient (Wildman–Crippen LogP) is 6.47. The Bertz CT molecular complexity index is 1320. The van der Waals surface area contributed by atoms with Crippen LogP contribution in [0.2, 0.25) is 0 Å². The van der Waals surface area contributed by atoms with Crippen LogP contribution >= 0.6 is 11.3 Å². The van der Waals surface area contributed by atoms with E-state index in [9.17, 15) is 4.79 Å². The van der Waals surface area contributed by atoms with Gasteiger partial charge in [0.15, 0.2) is 0 Å². The van der Waals surface area contributed by atoms with Crippen LogP contribution in [-0.4, -0.2) is 11.0 Å². The van der Waals surface area contributed by atoms with Crippen molar-refractivity contribution in [2.75, 3.05) is 0 Å². The minimum absolute atomic E-state index is 0.227. The lowest BCUT2D eigenvalue weighted by Crippen LogP contribution is -2.07. The number of thiophene rings is 1. The summed E-state index contributed by atoms with van der Waals surface area (Å²) in [6.45, 7) is 0.227. The number of ether oxygens (including phenoxy) is 1. The second kappa shape index (κ2) is 7.49. The van der Waals surface area contributed by atoms with Gasteiger partial charge in [-0.3, -0.25) is 0 Å². The first kappa shape index (κ1) is 17.6. The molecule has 0 aliphatic heterocycles. The maximum Gasteiger partial charge on any atom is 0.339 e. The zero-order chi connectivity index (χ0) is 19.6. The normalized spacial score (nSPS) is 11.0. The second-order valence-electron chi connectivity index (χ2n) is 6.76. The molecule has 0 amide bonds. The molecule has 2 heterocycles. The van der Waals surface area contributed by atoms with E-state index >= 15 is 0 Å². The zero-order valence-corrected chi connectivity index (χ0v) is 16.4. The van der Waals surface area contributed by atoms with Gasteiger partial charge in [0.05, 0.1) is 21.7 Å². The van der Waals surface area contributed by atoms with Crippen LogP contribution in [0.5, 0.6) is 0 Å². The van der Waals surface area contributed by atoms with Crippen LogP contribution in [0, 0.1) is 0 Å². The van der Waals surface area contributed by atoms with Crippen molar-refractivity contribution < 1.29 is 9.53 Å². The molecule has 0 atom stereocenters. The molecule has 0 saturated heterocycles. The second-order valence-corrected chi connectivity index (χ2v) is 7.71. The fourth-order valence-electron chi connectivity index (χ4n) is 3.53. The summed E-state index contributed by atoms with van der Waals surface area (Å²) in [7, 11) is 0. The summed E-state index contributed by atoms with van der Waals surface area (Å²) < 4.78 is 5.74. The van der Waals surface area contributed by atoms with Crippen molar-refractivity contribution >= 4 is 39.0 Å². The van der Waals surface area contributed by atoms with Gasteiger partial charge in [-0.1, -0.05) is 66.7 Å². The Balaban J connectivity index is 1.50. The minimum atomic E-state index is -0.339. The van der Waals surface area contributed by atoms with Crippen LogP contribution in [0.1, 0.15) is 15.9 Å². The Hall–Kier alpha value is -3.50. The topological polar surface area (TPSA) is 39.2 Å². The lowest BCUT2D eigenvalue weighted by molar-refractivity contribution is 0.0476. The summed E-state index contributed by atoms with van der Waals surface area (Å²) in [6, 6.07) is 27.7. The SMILES string of the molecule is O=C(OCc1cccc2ccccc12)c1cc(-c2cccs2)nc2ccccc12. The molecular formula is C25H17NO2S. The van der Waals surface area contributed by atoms with Crippen molar-refractivity contribution in [1.82, 2.24) is 4.98 Å². The third kappa shape index (κ3) is 3.39. The fourth-order valence-corrected chi connectivity index (χ4v) is 4.22. The zero-order valence-electron chi connectivity index (χ0n) is 15.5. The number of rotatable bonds is 4. The maximum absolute atomic E-state index is 13.0. The summed E-state index contributed by atoms with van der Waals surface area (Å²) in [6.07, 6.45) is 0. The average molecular weight is 395 g/mol. The highest BCUT2D eigenvalue weighted by atomic mass is 32.1. The number of carbonyl (C=O) groups excluding carboxylic acids is 1. The molecule has 4 heteroatoms. The Morgan fingerprint density at radius 2 is 1.66 bits per heavy atom. The van der Waals surface area contributed by atoms with E-state index in [0.717, 1.165) is 37.8 Å². The molecule has 0 bridgehead atoms. The lowest BCUT2D eigenvalue weighted by atomic mass is 10.1. The van der Waals surface area contributed by atoms with Gasteiger partial charge in [0.1, 0.15) is 6.61 Å². The van der Waals surface area contributed by atoms with E-state index in [-0.39, 0.29) is 12.6 Å². The summed E-state index contributed by atoms with van der Waals surface area (Å²) in [5, 5.41) is 5.04. The van der Waals surface area contributed by atoms with Crippen molar-refractivity contribution in [1.29, 1.82) is 0 Å². The lowest BCUT2D eigenvalue weighted by Gasteiger charge is -2.11. The van der Waals surface area contributed by atoms with Crippen LogP contribution in [-0.2, 0) is 11.3 Å². The fraction of sp³-hybridized carbons (Fsp3) is 0.0400. The number of esters is 1. The van der Waals surface area contributed by atoms with E-state index in [2.05, 4.69) is 18.2 Å². The van der Waals surface area contributed by atoms with Crippen molar-refractivity contribution in [2.24, 2.45) is 0 Å². The number of fused-ring (bicyclic) bond motifs is 2. The number of carbonyl (C=O) groups is 1. The number of pyridine rings is 1. The van der Waals surface area contributed by atoms with E-state index in [1.165, 1.54) is 0 Å². The molecule has 0 fully saturated rings. The molecule has 2 aromatic heterocycles. The molecule has 0 saturated carbocycles. The highest BCUT2D eigenvalue weighted by Gasteiger charge is 2.16. The molecule has 5 rings (SSSR count). The highest BCUT2D eigenvalue weighted by molar-refractivity contribution is 7.13. The standard InChI is InChI=1S/C25H17NO2S/c27-25(28-16-18-9-5-8-17-7-1-2-10-19(17)18)21-15-23(24-13-6-14-29-24)26-22-12-4-3-11-20(21)22/h1-15H,16H2. The van der Waals surface area contributed by atoms with Crippen molar-refractivity contribution in [3.63, 3.8) is 0 Å². The third-order valence-corrected chi connectivity index (χ3v) is 5.84. The van der Waals surface area contributed by atoms with Crippen molar-refractivity contribution in [3.8, 4) is 10.6 Å². The molecule has 29 heavy (non-hydrogen) atoms. The van der Waals surface area contributed by atoms with Gasteiger partial charge in [0.2, 0.25) is 0 Å². The first-order valence-electron chi connectivity index (χ1n) is 9.37. The Labute approximate surface area is 172 Å². The molecule has 0 N–H and O–H groups in total. The number of hydrogen-bond acceptors (Lipinski definition) is 4. The van der Waals surface area contributed by atoms with Crippen molar-refractivity contribution in [3.05, 3.63) is 101 Å². The van der Waals surface area contributed by atoms with E-state index < -0.39 is 0 Å². The number of aromatic nitrogens is 1. The van der Waals surface area contributed by atoms with Crippen LogP contribution in [0.4, 0.5) is 0 Å². The number of hydrogen-bond donors (Lipinski definition) is 0. The molecule has 0 aliphatic carbocycles. The molecule has 140 valence electrons. The minimum Gasteiger partial charge on any atom is -0.457 e. The maximum atomic E-state index is 13.0.